The predicted molar refractivity (Wildman–Crippen MR) is 119 cm³/mol. The minimum atomic E-state index is -5.28. The summed E-state index contributed by atoms with van der Waals surface area (Å²) in [6.45, 7) is 0. The number of hydrogen-bond donors (Lipinski definition) is 1. The molecule has 3 aromatic carbocycles. The number of sulfone groups is 1. The molecule has 0 heterocycles. The van der Waals surface area contributed by atoms with Crippen molar-refractivity contribution in [2.75, 3.05) is 11.5 Å². The molecule has 194 valence electrons. The molecule has 0 radical (unpaired) electrons. The van der Waals surface area contributed by atoms with E-state index in [2.05, 4.69) is 10.2 Å². The van der Waals surface area contributed by atoms with Crippen molar-refractivity contribution in [1.29, 1.82) is 0 Å². The third-order valence-electron chi connectivity index (χ3n) is 4.64. The van der Waals surface area contributed by atoms with E-state index in [1.807, 2.05) is 0 Å². The van der Waals surface area contributed by atoms with Gasteiger partial charge in [-0.3, -0.25) is 0 Å². The molecule has 3 aromatic rings. The van der Waals surface area contributed by atoms with Gasteiger partial charge in [0.25, 0.3) is 0 Å². The summed E-state index contributed by atoms with van der Waals surface area (Å²) in [5.74, 6) is -3.17. The second-order valence-electron chi connectivity index (χ2n) is 7.14. The summed E-state index contributed by atoms with van der Waals surface area (Å²) in [6.07, 6.45) is 0. The Morgan fingerprint density at radius 1 is 0.667 bits per heavy atom. The molecule has 0 amide bonds. The molecule has 0 spiro atoms. The molecule has 0 atom stereocenters. The van der Waals surface area contributed by atoms with Crippen molar-refractivity contribution in [2.24, 2.45) is 10.2 Å². The van der Waals surface area contributed by atoms with Gasteiger partial charge in [0, 0.05) is 5.39 Å². The molecule has 3 rings (SSSR count). The summed E-state index contributed by atoms with van der Waals surface area (Å²) in [7, 11) is -19.1. The molecular weight excluding hydrogens is 633 g/mol. The van der Waals surface area contributed by atoms with Gasteiger partial charge < -0.3 is 18.8 Å². The number of rotatable bonds is 8. The van der Waals surface area contributed by atoms with E-state index < -0.39 is 72.9 Å². The van der Waals surface area contributed by atoms with Gasteiger partial charge in [-0.15, -0.1) is 5.11 Å². The number of aromatic hydroxyl groups is 1. The Bertz CT molecular complexity index is 1830. The summed E-state index contributed by atoms with van der Waals surface area (Å²) >= 11 is 0. The first-order valence-corrected chi connectivity index (χ1v) is 15.3. The Kier molecular flexibility index (Phi) is 14.5. The van der Waals surface area contributed by atoms with Gasteiger partial charge in [0.15, 0.2) is 15.6 Å². The van der Waals surface area contributed by atoms with E-state index in [1.165, 1.54) is 0 Å². The standard InChI is InChI=1S/C18H16N2O12S4.3Na/c21-18-16(36(30,31)32)10-11-9-14(35(27,28)29)5-6-15(11)17(18)20-19-12-1-3-13(4-2-12)33(22,23)7-8-34(24,25)26;;;/h1-6,9-10,21H,7-8H2,(H,24,25,26)(H,27,28,29)(H,30,31,32);;;/q;3*+1/p-3. The second kappa shape index (κ2) is 14.5. The van der Waals surface area contributed by atoms with Crippen LogP contribution in [0.15, 0.2) is 73.4 Å². The van der Waals surface area contributed by atoms with Crippen LogP contribution in [0, 0.1) is 0 Å². The number of nitrogens with zero attached hydrogens (tertiary/aromatic N) is 2. The van der Waals surface area contributed by atoms with Crippen LogP contribution < -0.4 is 88.7 Å². The smallest absolute Gasteiger partial charge is 0.748 e. The summed E-state index contributed by atoms with van der Waals surface area (Å²) < 4.78 is 125. The van der Waals surface area contributed by atoms with E-state index in [0.717, 1.165) is 42.5 Å². The van der Waals surface area contributed by atoms with Crippen LogP contribution in [-0.2, 0) is 40.2 Å². The molecule has 21 heteroatoms. The van der Waals surface area contributed by atoms with Gasteiger partial charge in [-0.2, -0.15) is 5.11 Å². The Labute approximate surface area is 290 Å². The van der Waals surface area contributed by atoms with Crippen molar-refractivity contribution in [2.45, 2.75) is 14.7 Å². The van der Waals surface area contributed by atoms with Crippen LogP contribution in [0.1, 0.15) is 0 Å². The molecule has 0 aromatic heterocycles. The van der Waals surface area contributed by atoms with Crippen molar-refractivity contribution < 1.29 is 141 Å². The normalized spacial score (nSPS) is 12.4. The number of phenolic OH excluding ortho intramolecular Hbond substituents is 1. The maximum atomic E-state index is 12.1. The first-order valence-electron chi connectivity index (χ1n) is 9.28. The van der Waals surface area contributed by atoms with Crippen LogP contribution in [0.25, 0.3) is 10.8 Å². The molecular formula is C18H13N2Na3O12S4. The van der Waals surface area contributed by atoms with Gasteiger partial charge in [0.05, 0.1) is 42.0 Å². The van der Waals surface area contributed by atoms with Gasteiger partial charge in [-0.1, -0.05) is 6.07 Å². The fourth-order valence-electron chi connectivity index (χ4n) is 2.93. The van der Waals surface area contributed by atoms with E-state index in [-0.39, 0.29) is 110 Å². The molecule has 0 aliphatic rings. The van der Waals surface area contributed by atoms with Crippen LogP contribution in [0.3, 0.4) is 0 Å². The largest absolute Gasteiger partial charge is 1.00 e. The van der Waals surface area contributed by atoms with Crippen LogP contribution >= 0.6 is 0 Å². The molecule has 0 aliphatic carbocycles. The zero-order valence-electron chi connectivity index (χ0n) is 20.5. The first-order chi connectivity index (χ1) is 16.4. The van der Waals surface area contributed by atoms with Crippen molar-refractivity contribution >= 4 is 62.3 Å². The second-order valence-corrected chi connectivity index (χ2v) is 13.5. The number of fused-ring (bicyclic) bond motifs is 1. The van der Waals surface area contributed by atoms with Gasteiger partial charge in [0.2, 0.25) is 0 Å². The van der Waals surface area contributed by atoms with Gasteiger partial charge in [-0.05, 0) is 47.9 Å². The maximum Gasteiger partial charge on any atom is 1.00 e. The maximum absolute atomic E-state index is 12.1. The molecule has 0 saturated heterocycles. The summed E-state index contributed by atoms with van der Waals surface area (Å²) in [6, 6.07) is 7.67. The Morgan fingerprint density at radius 2 is 1.21 bits per heavy atom. The van der Waals surface area contributed by atoms with E-state index in [0.29, 0.717) is 6.07 Å². The van der Waals surface area contributed by atoms with Crippen LogP contribution in [0.5, 0.6) is 5.75 Å². The molecule has 0 bridgehead atoms. The molecule has 0 fully saturated rings. The fourth-order valence-corrected chi connectivity index (χ4v) is 6.53. The average molecular weight is 647 g/mol. The minimum Gasteiger partial charge on any atom is -0.748 e. The number of phenols is 1. The van der Waals surface area contributed by atoms with Gasteiger partial charge in [-0.25, -0.2) is 33.7 Å². The van der Waals surface area contributed by atoms with E-state index in [9.17, 15) is 52.4 Å². The van der Waals surface area contributed by atoms with E-state index in [1.54, 1.807) is 0 Å². The third kappa shape index (κ3) is 10.3. The molecule has 39 heavy (non-hydrogen) atoms. The van der Waals surface area contributed by atoms with Gasteiger partial charge >= 0.3 is 88.7 Å². The van der Waals surface area contributed by atoms with Crippen LogP contribution in [-0.4, -0.2) is 63.9 Å². The van der Waals surface area contributed by atoms with E-state index >= 15 is 0 Å². The van der Waals surface area contributed by atoms with Crippen LogP contribution in [0.2, 0.25) is 0 Å². The fraction of sp³-hybridized carbons (Fsp3) is 0.111. The average Bonchev–Trinajstić information content (AvgIpc) is 2.75. The molecule has 0 saturated carbocycles. The first kappa shape index (κ1) is 39.0. The Morgan fingerprint density at radius 3 is 1.69 bits per heavy atom. The quantitative estimate of drug-likeness (QED) is 0.136. The minimum absolute atomic E-state index is 0. The van der Waals surface area contributed by atoms with E-state index in [4.69, 9.17) is 0 Å². The Hall–Kier alpha value is 0.000000000000000888. The molecule has 0 aliphatic heterocycles. The number of benzene rings is 3. The topological polar surface area (TPSA) is 251 Å². The van der Waals surface area contributed by atoms with Gasteiger partial charge in [0.1, 0.15) is 25.9 Å². The van der Waals surface area contributed by atoms with Crippen molar-refractivity contribution in [1.82, 2.24) is 0 Å². The van der Waals surface area contributed by atoms with Crippen molar-refractivity contribution in [3.05, 3.63) is 48.5 Å². The number of azo groups is 1. The SMILES string of the molecule is O=S(=O)([O-])CCS(=O)(=O)c1ccc(N=Nc2c(O)c(S(=O)(=O)[O-])cc3cc(S(=O)(=O)[O-])ccc23)cc1.[Na+].[Na+].[Na+]. The summed E-state index contributed by atoms with van der Waals surface area (Å²) in [5.41, 5.74) is -0.596. The zero-order valence-corrected chi connectivity index (χ0v) is 29.8. The molecule has 14 nitrogen and oxygen atoms in total. The monoisotopic (exact) mass is 646 g/mol. The summed E-state index contributed by atoms with van der Waals surface area (Å²) in [4.78, 5) is -2.22. The Balaban J connectivity index is 0.00000481. The molecule has 1 N–H and O–H groups in total. The predicted octanol–water partition coefficient (Wildman–Crippen LogP) is -7.90. The molecule has 0 unspecified atom stereocenters. The van der Waals surface area contributed by atoms with Crippen LogP contribution in [0.4, 0.5) is 11.4 Å². The zero-order chi connectivity index (χ0) is 27.1. The van der Waals surface area contributed by atoms with Crippen molar-refractivity contribution in [3.8, 4) is 5.75 Å². The number of hydrogen-bond acceptors (Lipinski definition) is 14. The van der Waals surface area contributed by atoms with Crippen molar-refractivity contribution in [3.63, 3.8) is 0 Å². The summed E-state index contributed by atoms with van der Waals surface area (Å²) in [5, 5.41) is 17.5. The third-order valence-corrected chi connectivity index (χ3v) is 9.02.